The molecule has 0 spiro atoms. The third-order valence-electron chi connectivity index (χ3n) is 3.19. The predicted molar refractivity (Wildman–Crippen MR) is 90.9 cm³/mol. The maximum absolute atomic E-state index is 12.7. The molecule has 1 unspecified atom stereocenters. The van der Waals surface area contributed by atoms with E-state index in [1.54, 1.807) is 42.5 Å². The van der Waals surface area contributed by atoms with Crippen LogP contribution in [0.25, 0.3) is 0 Å². The number of hydrogen-bond donors (Lipinski definition) is 0. The first-order valence-electron chi connectivity index (χ1n) is 6.34. The zero-order valence-corrected chi connectivity index (χ0v) is 14.4. The molecule has 1 atom stereocenters. The normalized spacial score (nSPS) is 12.6. The van der Waals surface area contributed by atoms with E-state index in [2.05, 4.69) is 22.6 Å². The summed E-state index contributed by atoms with van der Waals surface area (Å²) >= 11 is 2.21. The van der Waals surface area contributed by atoms with Crippen molar-refractivity contribution in [2.45, 2.75) is 21.5 Å². The number of nitrogens with zero attached hydrogens (tertiary/aromatic N) is 1. The quantitative estimate of drug-likeness (QED) is 0.565. The molecule has 2 aromatic rings. The summed E-state index contributed by atoms with van der Waals surface area (Å²) in [7, 11) is -3.71. The summed E-state index contributed by atoms with van der Waals surface area (Å²) in [4.78, 5) is 0.180. The van der Waals surface area contributed by atoms with Gasteiger partial charge in [-0.3, -0.25) is 0 Å². The molecule has 108 valence electrons. The van der Waals surface area contributed by atoms with E-state index >= 15 is 0 Å². The molecular formula is C16H14INO2S. The second-order valence-corrected chi connectivity index (χ2v) is 7.54. The summed E-state index contributed by atoms with van der Waals surface area (Å²) < 4.78 is 26.1. The van der Waals surface area contributed by atoms with E-state index < -0.39 is 15.1 Å². The summed E-state index contributed by atoms with van der Waals surface area (Å²) in [6, 6.07) is 15.7. The van der Waals surface area contributed by atoms with Gasteiger partial charge < -0.3 is 0 Å². The monoisotopic (exact) mass is 411 g/mol. The summed E-state index contributed by atoms with van der Waals surface area (Å²) in [5.41, 5.74) is 2.51. The first-order valence-corrected chi connectivity index (χ1v) is 9.41. The van der Waals surface area contributed by atoms with E-state index in [0.29, 0.717) is 5.56 Å². The highest BCUT2D eigenvalue weighted by molar-refractivity contribution is 14.1. The van der Waals surface area contributed by atoms with Gasteiger partial charge in [-0.15, -0.1) is 0 Å². The molecule has 0 radical (unpaired) electrons. The van der Waals surface area contributed by atoms with Gasteiger partial charge in [0.05, 0.1) is 11.0 Å². The Morgan fingerprint density at radius 1 is 1.19 bits per heavy atom. The molecule has 0 fully saturated rings. The lowest BCUT2D eigenvalue weighted by Gasteiger charge is -2.12. The molecule has 3 nitrogen and oxygen atoms in total. The molecule has 0 saturated heterocycles. The highest BCUT2D eigenvalue weighted by Gasteiger charge is 2.29. The van der Waals surface area contributed by atoms with Gasteiger partial charge in [-0.25, -0.2) is 8.42 Å². The lowest BCUT2D eigenvalue weighted by Crippen LogP contribution is -2.12. The number of benzene rings is 2. The smallest absolute Gasteiger partial charge is 0.198 e. The highest BCUT2D eigenvalue weighted by Crippen LogP contribution is 2.29. The molecule has 0 bridgehead atoms. The molecule has 5 heteroatoms. The standard InChI is InChI=1S/C16H14INO2S/c1-12-5-7-15(8-6-12)21(19,20)16(11-18)14-4-2-3-13(9-14)10-17/h2-9,16H,10H2,1H3. The van der Waals surface area contributed by atoms with Crippen LogP contribution in [0.15, 0.2) is 53.4 Å². The summed E-state index contributed by atoms with van der Waals surface area (Å²) in [6.45, 7) is 1.89. The fraction of sp³-hybridized carbons (Fsp3) is 0.188. The molecule has 0 aliphatic heterocycles. The predicted octanol–water partition coefficient (Wildman–Crippen LogP) is 3.97. The minimum Gasteiger partial charge on any atom is -0.222 e. The second kappa shape index (κ2) is 6.58. The molecule has 0 heterocycles. The number of halogens is 1. The Balaban J connectivity index is 2.49. The van der Waals surface area contributed by atoms with E-state index in [9.17, 15) is 13.7 Å². The zero-order chi connectivity index (χ0) is 15.5. The number of hydrogen-bond acceptors (Lipinski definition) is 3. The van der Waals surface area contributed by atoms with Crippen LogP contribution in [0.1, 0.15) is 21.9 Å². The van der Waals surface area contributed by atoms with Gasteiger partial charge in [0.2, 0.25) is 0 Å². The summed E-state index contributed by atoms with van der Waals surface area (Å²) in [6.07, 6.45) is 0. The van der Waals surface area contributed by atoms with Crippen molar-refractivity contribution < 1.29 is 8.42 Å². The Kier molecular flexibility index (Phi) is 5.01. The van der Waals surface area contributed by atoms with Crippen molar-refractivity contribution in [3.8, 4) is 6.07 Å². The van der Waals surface area contributed by atoms with Crippen molar-refractivity contribution in [2.75, 3.05) is 0 Å². The van der Waals surface area contributed by atoms with Gasteiger partial charge in [0.1, 0.15) is 0 Å². The van der Waals surface area contributed by atoms with E-state index in [0.717, 1.165) is 15.6 Å². The van der Waals surface area contributed by atoms with E-state index in [4.69, 9.17) is 0 Å². The van der Waals surface area contributed by atoms with Crippen LogP contribution in [0.4, 0.5) is 0 Å². The summed E-state index contributed by atoms with van der Waals surface area (Å²) in [5, 5.41) is 8.19. The van der Waals surface area contributed by atoms with Crippen molar-refractivity contribution in [1.29, 1.82) is 5.26 Å². The average Bonchev–Trinajstić information content (AvgIpc) is 2.48. The van der Waals surface area contributed by atoms with Crippen LogP contribution in [0.2, 0.25) is 0 Å². The maximum atomic E-state index is 12.7. The molecule has 2 rings (SSSR count). The number of aryl methyl sites for hydroxylation is 1. The molecule has 21 heavy (non-hydrogen) atoms. The topological polar surface area (TPSA) is 57.9 Å². The molecule has 0 amide bonds. The largest absolute Gasteiger partial charge is 0.222 e. The molecule has 0 aliphatic rings. The van der Waals surface area contributed by atoms with Crippen LogP contribution in [0.3, 0.4) is 0 Å². The van der Waals surface area contributed by atoms with Crippen molar-refractivity contribution in [2.24, 2.45) is 0 Å². The molecule has 0 N–H and O–H groups in total. The van der Waals surface area contributed by atoms with Gasteiger partial charge in [0, 0.05) is 4.43 Å². The fourth-order valence-corrected chi connectivity index (χ4v) is 3.93. The van der Waals surface area contributed by atoms with Gasteiger partial charge in [-0.1, -0.05) is 64.6 Å². The van der Waals surface area contributed by atoms with Crippen LogP contribution in [-0.2, 0) is 14.3 Å². The van der Waals surface area contributed by atoms with Crippen molar-refractivity contribution >= 4 is 32.4 Å². The SMILES string of the molecule is Cc1ccc(S(=O)(=O)C(C#N)c2cccc(CI)c2)cc1. The van der Waals surface area contributed by atoms with Gasteiger partial charge in [0.15, 0.2) is 15.1 Å². The lowest BCUT2D eigenvalue weighted by atomic mass is 10.1. The van der Waals surface area contributed by atoms with Gasteiger partial charge in [-0.2, -0.15) is 5.26 Å². The minimum absolute atomic E-state index is 0.180. The number of alkyl halides is 1. The third-order valence-corrected chi connectivity index (χ3v) is 5.99. The Labute approximate surface area is 138 Å². The van der Waals surface area contributed by atoms with Crippen LogP contribution < -0.4 is 0 Å². The highest BCUT2D eigenvalue weighted by atomic mass is 127. The fourth-order valence-electron chi connectivity index (χ4n) is 2.03. The Bertz CT molecular complexity index is 777. The van der Waals surface area contributed by atoms with Crippen molar-refractivity contribution in [1.82, 2.24) is 0 Å². The number of nitriles is 1. The molecule has 0 aromatic heterocycles. The van der Waals surface area contributed by atoms with Gasteiger partial charge >= 0.3 is 0 Å². The molecule has 0 saturated carbocycles. The Hall–Kier alpha value is -1.39. The van der Waals surface area contributed by atoms with E-state index in [1.807, 2.05) is 19.1 Å². The van der Waals surface area contributed by atoms with Crippen LogP contribution in [-0.4, -0.2) is 8.42 Å². The number of sulfone groups is 1. The Morgan fingerprint density at radius 2 is 1.86 bits per heavy atom. The number of rotatable bonds is 4. The second-order valence-electron chi connectivity index (χ2n) is 4.75. The first-order chi connectivity index (χ1) is 9.98. The molecule has 2 aromatic carbocycles. The van der Waals surface area contributed by atoms with E-state index in [1.165, 1.54) is 0 Å². The maximum Gasteiger partial charge on any atom is 0.198 e. The zero-order valence-electron chi connectivity index (χ0n) is 11.5. The van der Waals surface area contributed by atoms with Crippen LogP contribution in [0, 0.1) is 18.3 Å². The minimum atomic E-state index is -3.71. The van der Waals surface area contributed by atoms with Gasteiger partial charge in [-0.05, 0) is 30.2 Å². The van der Waals surface area contributed by atoms with Crippen LogP contribution >= 0.6 is 22.6 Å². The van der Waals surface area contributed by atoms with Crippen molar-refractivity contribution in [3.63, 3.8) is 0 Å². The Morgan fingerprint density at radius 3 is 2.43 bits per heavy atom. The molecule has 0 aliphatic carbocycles. The van der Waals surface area contributed by atoms with Crippen molar-refractivity contribution in [3.05, 3.63) is 65.2 Å². The summed E-state index contributed by atoms with van der Waals surface area (Å²) in [5.74, 6) is 0. The van der Waals surface area contributed by atoms with Crippen LogP contribution in [0.5, 0.6) is 0 Å². The average molecular weight is 411 g/mol. The third kappa shape index (κ3) is 3.44. The van der Waals surface area contributed by atoms with Gasteiger partial charge in [0.25, 0.3) is 0 Å². The lowest BCUT2D eigenvalue weighted by molar-refractivity contribution is 0.591. The van der Waals surface area contributed by atoms with E-state index in [-0.39, 0.29) is 4.90 Å². The molecular weight excluding hydrogens is 397 g/mol. The first kappa shape index (κ1) is 16.0.